The van der Waals surface area contributed by atoms with Gasteiger partial charge >= 0.3 is 5.97 Å². The van der Waals surface area contributed by atoms with Gasteiger partial charge in [-0.2, -0.15) is 0 Å². The molecular weight excluding hydrogens is 296 g/mol. The highest BCUT2D eigenvalue weighted by Gasteiger charge is 2.08. The molecule has 0 saturated carbocycles. The molecule has 0 aliphatic carbocycles. The molecule has 0 bridgehead atoms. The van der Waals surface area contributed by atoms with Crippen molar-refractivity contribution in [3.05, 3.63) is 53.6 Å². The lowest BCUT2D eigenvalue weighted by Gasteiger charge is -2.14. The molecule has 2 heteroatoms. The van der Waals surface area contributed by atoms with Crippen molar-refractivity contribution < 1.29 is 9.53 Å². The van der Waals surface area contributed by atoms with Gasteiger partial charge in [-0.15, -0.1) is 0 Å². The molecule has 0 aliphatic rings. The van der Waals surface area contributed by atoms with Crippen LogP contribution >= 0.6 is 0 Å². The van der Waals surface area contributed by atoms with Crippen LogP contribution in [-0.2, 0) is 9.53 Å². The summed E-state index contributed by atoms with van der Waals surface area (Å²) in [5, 5.41) is 0. The molecule has 132 valence electrons. The van der Waals surface area contributed by atoms with Gasteiger partial charge in [0.2, 0.25) is 0 Å². The summed E-state index contributed by atoms with van der Waals surface area (Å²) >= 11 is 0. The van der Waals surface area contributed by atoms with Gasteiger partial charge in [-0.3, -0.25) is 0 Å². The Morgan fingerprint density at radius 1 is 0.917 bits per heavy atom. The summed E-state index contributed by atoms with van der Waals surface area (Å²) in [6.45, 7) is 4.44. The normalized spacial score (nSPS) is 12.3. The van der Waals surface area contributed by atoms with Gasteiger partial charge in [-0.1, -0.05) is 75.9 Å². The number of hydrogen-bond donors (Lipinski definition) is 0. The average molecular weight is 328 g/mol. The molecule has 0 spiro atoms. The van der Waals surface area contributed by atoms with Crippen LogP contribution in [0.4, 0.5) is 0 Å². The Hall–Kier alpha value is -1.83. The number of benzene rings is 1. The molecule has 24 heavy (non-hydrogen) atoms. The summed E-state index contributed by atoms with van der Waals surface area (Å²) in [6.07, 6.45) is 12.8. The molecule has 2 nitrogen and oxygen atoms in total. The first-order valence-corrected chi connectivity index (χ1v) is 9.26. The van der Waals surface area contributed by atoms with E-state index < -0.39 is 0 Å². The number of unbranched alkanes of at least 4 members (excludes halogenated alkanes) is 4. The Kier molecular flexibility index (Phi) is 10.6. The van der Waals surface area contributed by atoms with Gasteiger partial charge < -0.3 is 4.74 Å². The number of rotatable bonds is 11. The highest BCUT2D eigenvalue weighted by atomic mass is 16.5. The molecule has 0 heterocycles. The molecule has 1 rings (SSSR count). The fourth-order valence-corrected chi connectivity index (χ4v) is 2.82. The number of hydrogen-bond acceptors (Lipinski definition) is 2. The zero-order chi connectivity index (χ0) is 17.6. The highest BCUT2D eigenvalue weighted by Crippen LogP contribution is 2.28. The van der Waals surface area contributed by atoms with Crippen LogP contribution in [0.1, 0.15) is 70.8 Å². The molecule has 0 unspecified atom stereocenters. The smallest absolute Gasteiger partial charge is 0.330 e. The van der Waals surface area contributed by atoms with E-state index in [1.807, 2.05) is 12.1 Å². The SMILES string of the molecule is CCCCCC(/C=C/C(=O)OC)=C(\CCCCC)c1ccccc1. The van der Waals surface area contributed by atoms with Crippen molar-refractivity contribution in [2.24, 2.45) is 0 Å². The second-order valence-corrected chi connectivity index (χ2v) is 6.14. The van der Waals surface area contributed by atoms with Crippen molar-refractivity contribution in [1.82, 2.24) is 0 Å². The van der Waals surface area contributed by atoms with Crippen molar-refractivity contribution in [3.63, 3.8) is 0 Å². The summed E-state index contributed by atoms with van der Waals surface area (Å²) < 4.78 is 4.76. The minimum atomic E-state index is -0.288. The molecule has 0 fully saturated rings. The number of allylic oxidation sites excluding steroid dienone is 3. The van der Waals surface area contributed by atoms with E-state index in [9.17, 15) is 4.79 Å². The maximum atomic E-state index is 11.5. The van der Waals surface area contributed by atoms with Gasteiger partial charge in [0.25, 0.3) is 0 Å². The van der Waals surface area contributed by atoms with Gasteiger partial charge in [-0.05, 0) is 42.4 Å². The van der Waals surface area contributed by atoms with E-state index in [-0.39, 0.29) is 5.97 Å². The standard InChI is InChI=1S/C22H32O2/c1-4-6-9-13-20(17-18-22(23)24-3)21(16-10-7-5-2)19-14-11-8-12-15-19/h8,11-12,14-15,17-18H,4-7,9-10,13,16H2,1-3H3/b18-17+,21-20-. The number of carbonyl (C=O) groups is 1. The monoisotopic (exact) mass is 328 g/mol. The van der Waals surface area contributed by atoms with Crippen LogP contribution in [0.15, 0.2) is 48.1 Å². The first-order valence-electron chi connectivity index (χ1n) is 9.26. The Morgan fingerprint density at radius 3 is 2.12 bits per heavy atom. The van der Waals surface area contributed by atoms with Crippen LogP contribution in [0.2, 0.25) is 0 Å². The average Bonchev–Trinajstić information content (AvgIpc) is 2.62. The molecule has 0 saturated heterocycles. The summed E-state index contributed by atoms with van der Waals surface area (Å²) in [4.78, 5) is 11.5. The van der Waals surface area contributed by atoms with E-state index in [1.165, 1.54) is 55.9 Å². The molecule has 1 aromatic carbocycles. The van der Waals surface area contributed by atoms with E-state index in [1.54, 1.807) is 6.08 Å². The number of carbonyl (C=O) groups excluding carboxylic acids is 1. The summed E-state index contributed by atoms with van der Waals surface area (Å²) in [7, 11) is 1.42. The maximum Gasteiger partial charge on any atom is 0.330 e. The molecule has 0 radical (unpaired) electrons. The zero-order valence-electron chi connectivity index (χ0n) is 15.5. The van der Waals surface area contributed by atoms with E-state index in [4.69, 9.17) is 4.74 Å². The second kappa shape index (κ2) is 12.6. The minimum absolute atomic E-state index is 0.288. The molecule has 1 aromatic rings. The Labute approximate surface area is 147 Å². The lowest BCUT2D eigenvalue weighted by Crippen LogP contribution is -1.97. The maximum absolute atomic E-state index is 11.5. The predicted molar refractivity (Wildman–Crippen MR) is 103 cm³/mol. The van der Waals surface area contributed by atoms with E-state index in [0.29, 0.717) is 0 Å². The van der Waals surface area contributed by atoms with Gasteiger partial charge in [0.1, 0.15) is 0 Å². The summed E-state index contributed by atoms with van der Waals surface area (Å²) in [6, 6.07) is 10.6. The van der Waals surface area contributed by atoms with E-state index in [0.717, 1.165) is 19.3 Å². The predicted octanol–water partition coefficient (Wildman–Crippen LogP) is 6.33. The van der Waals surface area contributed by atoms with Crippen molar-refractivity contribution >= 4 is 11.5 Å². The molecule has 0 amide bonds. The number of ether oxygens (including phenoxy) is 1. The molecular formula is C22H32O2. The van der Waals surface area contributed by atoms with Crippen LogP contribution in [0.5, 0.6) is 0 Å². The van der Waals surface area contributed by atoms with Crippen LogP contribution in [0.3, 0.4) is 0 Å². The topological polar surface area (TPSA) is 26.3 Å². The molecule has 0 aliphatic heterocycles. The Balaban J connectivity index is 3.13. The van der Waals surface area contributed by atoms with Crippen LogP contribution in [0, 0.1) is 0 Å². The van der Waals surface area contributed by atoms with Crippen molar-refractivity contribution in [1.29, 1.82) is 0 Å². The van der Waals surface area contributed by atoms with Crippen LogP contribution in [0.25, 0.3) is 5.57 Å². The first-order chi connectivity index (χ1) is 11.7. The third-order valence-electron chi connectivity index (χ3n) is 4.21. The molecule has 0 aromatic heterocycles. The molecule has 0 atom stereocenters. The van der Waals surface area contributed by atoms with Gasteiger partial charge in [0.15, 0.2) is 0 Å². The third kappa shape index (κ3) is 7.63. The van der Waals surface area contributed by atoms with E-state index in [2.05, 4.69) is 38.1 Å². The second-order valence-electron chi connectivity index (χ2n) is 6.14. The van der Waals surface area contributed by atoms with Crippen LogP contribution < -0.4 is 0 Å². The van der Waals surface area contributed by atoms with Gasteiger partial charge in [0.05, 0.1) is 7.11 Å². The highest BCUT2D eigenvalue weighted by molar-refractivity contribution is 5.83. The number of methoxy groups -OCH3 is 1. The van der Waals surface area contributed by atoms with Crippen LogP contribution in [-0.4, -0.2) is 13.1 Å². The summed E-state index contributed by atoms with van der Waals surface area (Å²) in [5.74, 6) is -0.288. The molecule has 0 N–H and O–H groups in total. The van der Waals surface area contributed by atoms with Gasteiger partial charge in [0, 0.05) is 6.08 Å². The lowest BCUT2D eigenvalue weighted by molar-refractivity contribution is -0.134. The first kappa shape index (κ1) is 20.2. The van der Waals surface area contributed by atoms with Gasteiger partial charge in [-0.25, -0.2) is 4.79 Å². The van der Waals surface area contributed by atoms with E-state index >= 15 is 0 Å². The largest absolute Gasteiger partial charge is 0.466 e. The Morgan fingerprint density at radius 2 is 1.54 bits per heavy atom. The zero-order valence-corrected chi connectivity index (χ0v) is 15.5. The minimum Gasteiger partial charge on any atom is -0.466 e. The van der Waals surface area contributed by atoms with Crippen molar-refractivity contribution in [2.75, 3.05) is 7.11 Å². The van der Waals surface area contributed by atoms with Crippen molar-refractivity contribution in [2.45, 2.75) is 65.2 Å². The third-order valence-corrected chi connectivity index (χ3v) is 4.21. The lowest BCUT2D eigenvalue weighted by atomic mass is 9.91. The fraction of sp³-hybridized carbons (Fsp3) is 0.500. The summed E-state index contributed by atoms with van der Waals surface area (Å²) in [5.41, 5.74) is 3.92. The number of esters is 1. The quantitative estimate of drug-likeness (QED) is 0.205. The Bertz CT molecular complexity index is 526. The fourth-order valence-electron chi connectivity index (χ4n) is 2.82. The van der Waals surface area contributed by atoms with Crippen molar-refractivity contribution in [3.8, 4) is 0 Å².